The first-order valence-electron chi connectivity index (χ1n) is 8.24. The van der Waals surface area contributed by atoms with Crippen molar-refractivity contribution in [3.05, 3.63) is 68.5 Å². The summed E-state index contributed by atoms with van der Waals surface area (Å²) in [5, 5.41) is 0. The number of nitrogens with zero attached hydrogens (tertiary/aromatic N) is 3. The van der Waals surface area contributed by atoms with E-state index in [1.807, 2.05) is 18.2 Å². The van der Waals surface area contributed by atoms with E-state index in [1.165, 1.54) is 21.7 Å². The minimum Gasteiger partial charge on any atom is -0.330 e. The van der Waals surface area contributed by atoms with E-state index in [9.17, 15) is 9.59 Å². The number of aromatic nitrogens is 2. The Morgan fingerprint density at radius 3 is 2.50 bits per heavy atom. The first-order chi connectivity index (χ1) is 11.5. The lowest BCUT2D eigenvalue weighted by Crippen LogP contribution is -2.40. The Morgan fingerprint density at radius 2 is 1.83 bits per heavy atom. The highest BCUT2D eigenvalue weighted by atomic mass is 16.2. The van der Waals surface area contributed by atoms with Crippen LogP contribution in [0.5, 0.6) is 0 Å². The van der Waals surface area contributed by atoms with Crippen LogP contribution in [0.2, 0.25) is 0 Å². The lowest BCUT2D eigenvalue weighted by Gasteiger charge is -2.17. The Hall–Kier alpha value is -2.18. The SMILES string of the molecule is Cn1cc(CN2C[C@@H](CN)[C@H](c3ccccc3)C2)c(=O)n(C)c1=O. The summed E-state index contributed by atoms with van der Waals surface area (Å²) in [5.41, 5.74) is 7.40. The minimum absolute atomic E-state index is 0.217. The summed E-state index contributed by atoms with van der Waals surface area (Å²) < 4.78 is 2.63. The van der Waals surface area contributed by atoms with E-state index >= 15 is 0 Å². The second-order valence-electron chi connectivity index (χ2n) is 6.62. The minimum atomic E-state index is -0.299. The molecule has 24 heavy (non-hydrogen) atoms. The molecule has 2 atom stereocenters. The highest BCUT2D eigenvalue weighted by molar-refractivity contribution is 5.23. The van der Waals surface area contributed by atoms with Crippen LogP contribution >= 0.6 is 0 Å². The van der Waals surface area contributed by atoms with E-state index in [1.54, 1.807) is 13.2 Å². The highest BCUT2D eigenvalue weighted by Gasteiger charge is 2.33. The molecular weight excluding hydrogens is 304 g/mol. The van der Waals surface area contributed by atoms with Gasteiger partial charge in [0.05, 0.1) is 0 Å². The zero-order valence-corrected chi connectivity index (χ0v) is 14.2. The number of hydrogen-bond acceptors (Lipinski definition) is 4. The zero-order chi connectivity index (χ0) is 17.3. The molecule has 0 amide bonds. The van der Waals surface area contributed by atoms with E-state index in [4.69, 9.17) is 5.73 Å². The van der Waals surface area contributed by atoms with Crippen molar-refractivity contribution in [2.24, 2.45) is 25.7 Å². The molecule has 1 saturated heterocycles. The van der Waals surface area contributed by atoms with Crippen LogP contribution in [-0.2, 0) is 20.6 Å². The summed E-state index contributed by atoms with van der Waals surface area (Å²) in [7, 11) is 3.19. The average Bonchev–Trinajstić information content (AvgIpc) is 3.01. The Kier molecular flexibility index (Phi) is 4.69. The number of hydrogen-bond donors (Lipinski definition) is 1. The van der Waals surface area contributed by atoms with Crippen molar-refractivity contribution in [2.75, 3.05) is 19.6 Å². The number of nitrogens with two attached hydrogens (primary N) is 1. The van der Waals surface area contributed by atoms with Crippen LogP contribution in [0, 0.1) is 5.92 Å². The molecule has 1 fully saturated rings. The molecule has 3 rings (SSSR count). The fourth-order valence-corrected chi connectivity index (χ4v) is 3.64. The van der Waals surface area contributed by atoms with Crippen LogP contribution in [0.15, 0.2) is 46.1 Å². The Balaban J connectivity index is 1.83. The van der Waals surface area contributed by atoms with Gasteiger partial charge in [0.1, 0.15) is 0 Å². The van der Waals surface area contributed by atoms with Crippen molar-refractivity contribution < 1.29 is 0 Å². The summed E-state index contributed by atoms with van der Waals surface area (Å²) in [4.78, 5) is 26.4. The predicted octanol–water partition coefficient (Wildman–Crippen LogP) is 0.258. The molecule has 0 spiro atoms. The van der Waals surface area contributed by atoms with E-state index < -0.39 is 0 Å². The number of aryl methyl sites for hydroxylation is 1. The first-order valence-corrected chi connectivity index (χ1v) is 8.24. The van der Waals surface area contributed by atoms with Crippen molar-refractivity contribution in [1.29, 1.82) is 0 Å². The molecule has 2 heterocycles. The molecule has 1 aliphatic heterocycles. The van der Waals surface area contributed by atoms with Crippen LogP contribution < -0.4 is 17.0 Å². The third-order valence-electron chi connectivity index (χ3n) is 4.96. The maximum absolute atomic E-state index is 12.3. The van der Waals surface area contributed by atoms with E-state index in [0.717, 1.165) is 13.1 Å². The Labute approximate surface area is 141 Å². The number of likely N-dealkylation sites (tertiary alicyclic amines) is 1. The van der Waals surface area contributed by atoms with Crippen LogP contribution in [-0.4, -0.2) is 33.7 Å². The van der Waals surface area contributed by atoms with Crippen molar-refractivity contribution in [3.8, 4) is 0 Å². The summed E-state index contributed by atoms with van der Waals surface area (Å²) in [5.74, 6) is 0.761. The molecule has 2 aromatic rings. The van der Waals surface area contributed by atoms with Crippen LogP contribution in [0.1, 0.15) is 17.0 Å². The van der Waals surface area contributed by atoms with Gasteiger partial charge >= 0.3 is 5.69 Å². The fraction of sp³-hybridized carbons (Fsp3) is 0.444. The third kappa shape index (κ3) is 3.07. The number of benzene rings is 1. The van der Waals surface area contributed by atoms with E-state index in [-0.39, 0.29) is 11.2 Å². The van der Waals surface area contributed by atoms with Gasteiger partial charge < -0.3 is 10.3 Å². The zero-order valence-electron chi connectivity index (χ0n) is 14.2. The van der Waals surface area contributed by atoms with Crippen LogP contribution in [0.25, 0.3) is 0 Å². The molecule has 1 aliphatic rings. The van der Waals surface area contributed by atoms with Gasteiger partial charge in [-0.25, -0.2) is 4.79 Å². The molecule has 6 nitrogen and oxygen atoms in total. The molecule has 0 bridgehead atoms. The van der Waals surface area contributed by atoms with Crippen molar-refractivity contribution in [1.82, 2.24) is 14.0 Å². The van der Waals surface area contributed by atoms with Crippen LogP contribution in [0.4, 0.5) is 0 Å². The average molecular weight is 328 g/mol. The normalized spacial score (nSPS) is 21.3. The molecule has 0 unspecified atom stereocenters. The standard InChI is InChI=1S/C18H24N4O2/c1-20-9-15(17(23)21(2)18(20)24)11-22-10-14(8-19)16(12-22)13-6-4-3-5-7-13/h3-7,9,14,16H,8,10-12,19H2,1-2H3/t14-,16+/m1/s1. The third-order valence-corrected chi connectivity index (χ3v) is 4.96. The van der Waals surface area contributed by atoms with Gasteiger partial charge in [0.2, 0.25) is 0 Å². The topological polar surface area (TPSA) is 73.3 Å². The fourth-order valence-electron chi connectivity index (χ4n) is 3.64. The molecular formula is C18H24N4O2. The predicted molar refractivity (Wildman–Crippen MR) is 93.9 cm³/mol. The van der Waals surface area contributed by atoms with Crippen molar-refractivity contribution in [2.45, 2.75) is 12.5 Å². The molecule has 1 aromatic carbocycles. The molecule has 6 heteroatoms. The van der Waals surface area contributed by atoms with E-state index in [0.29, 0.717) is 30.5 Å². The second kappa shape index (κ2) is 6.75. The Bertz CT molecular complexity index is 825. The summed E-state index contributed by atoms with van der Waals surface area (Å²) in [6.07, 6.45) is 1.65. The largest absolute Gasteiger partial charge is 0.330 e. The van der Waals surface area contributed by atoms with Gasteiger partial charge in [0.15, 0.2) is 0 Å². The van der Waals surface area contributed by atoms with Gasteiger partial charge in [0, 0.05) is 51.4 Å². The lowest BCUT2D eigenvalue weighted by molar-refractivity contribution is 0.313. The molecule has 2 N–H and O–H groups in total. The summed E-state index contributed by atoms with van der Waals surface area (Å²) >= 11 is 0. The summed E-state index contributed by atoms with van der Waals surface area (Å²) in [6, 6.07) is 10.4. The van der Waals surface area contributed by atoms with Gasteiger partial charge in [-0.05, 0) is 18.0 Å². The number of rotatable bonds is 4. The molecule has 128 valence electrons. The highest BCUT2D eigenvalue weighted by Crippen LogP contribution is 2.32. The molecule has 0 radical (unpaired) electrons. The monoisotopic (exact) mass is 328 g/mol. The Morgan fingerprint density at radius 1 is 1.12 bits per heavy atom. The van der Waals surface area contributed by atoms with Gasteiger partial charge in [-0.3, -0.25) is 14.3 Å². The second-order valence-corrected chi connectivity index (χ2v) is 6.62. The lowest BCUT2D eigenvalue weighted by atomic mass is 9.89. The van der Waals surface area contributed by atoms with Gasteiger partial charge in [-0.2, -0.15) is 0 Å². The van der Waals surface area contributed by atoms with Gasteiger partial charge in [-0.1, -0.05) is 30.3 Å². The maximum atomic E-state index is 12.3. The quantitative estimate of drug-likeness (QED) is 0.874. The van der Waals surface area contributed by atoms with Gasteiger partial charge in [0.25, 0.3) is 5.56 Å². The van der Waals surface area contributed by atoms with Crippen molar-refractivity contribution in [3.63, 3.8) is 0 Å². The van der Waals surface area contributed by atoms with Crippen LogP contribution in [0.3, 0.4) is 0 Å². The first kappa shape index (κ1) is 16.7. The van der Waals surface area contributed by atoms with Crippen molar-refractivity contribution >= 4 is 0 Å². The molecule has 1 aromatic heterocycles. The van der Waals surface area contributed by atoms with Gasteiger partial charge in [-0.15, -0.1) is 0 Å². The maximum Gasteiger partial charge on any atom is 0.330 e. The molecule has 0 aliphatic carbocycles. The molecule has 0 saturated carbocycles. The smallest absolute Gasteiger partial charge is 0.330 e. The summed E-state index contributed by atoms with van der Waals surface area (Å²) in [6.45, 7) is 2.90. The van der Waals surface area contributed by atoms with E-state index in [2.05, 4.69) is 17.0 Å².